The van der Waals surface area contributed by atoms with Crippen molar-refractivity contribution in [3.8, 4) is 11.5 Å². The molecule has 0 spiro atoms. The van der Waals surface area contributed by atoms with Crippen LogP contribution in [0.3, 0.4) is 0 Å². The monoisotopic (exact) mass is 485 g/mol. The van der Waals surface area contributed by atoms with Crippen LogP contribution in [0.1, 0.15) is 48.7 Å². The summed E-state index contributed by atoms with van der Waals surface area (Å²) < 4.78 is 18.2. The maximum absolute atomic E-state index is 13.2. The molecule has 5 rings (SSSR count). The highest BCUT2D eigenvalue weighted by molar-refractivity contribution is 6.30. The van der Waals surface area contributed by atoms with E-state index < -0.39 is 18.2 Å². The number of rotatable bonds is 4. The summed E-state index contributed by atoms with van der Waals surface area (Å²) >= 11 is 6.28. The number of hydrogen-bond acceptors (Lipinski definition) is 5. The molecule has 0 saturated carbocycles. The molecule has 7 nitrogen and oxygen atoms in total. The lowest BCUT2D eigenvalue weighted by molar-refractivity contribution is -0.184. The quantitative estimate of drug-likeness (QED) is 0.682. The van der Waals surface area contributed by atoms with E-state index in [2.05, 4.69) is 13.8 Å². The van der Waals surface area contributed by atoms with Crippen LogP contribution in [-0.4, -0.2) is 53.3 Å². The zero-order valence-electron chi connectivity index (χ0n) is 19.2. The van der Waals surface area contributed by atoms with Gasteiger partial charge in [-0.3, -0.25) is 4.79 Å². The first-order valence-electron chi connectivity index (χ1n) is 11.6. The van der Waals surface area contributed by atoms with Crippen LogP contribution in [0.5, 0.6) is 11.5 Å². The highest BCUT2D eigenvalue weighted by atomic mass is 35.5. The number of benzene rings is 2. The van der Waals surface area contributed by atoms with Crippen molar-refractivity contribution in [1.29, 1.82) is 0 Å². The highest BCUT2D eigenvalue weighted by Crippen LogP contribution is 2.53. The Morgan fingerprint density at radius 3 is 2.85 bits per heavy atom. The van der Waals surface area contributed by atoms with Crippen molar-refractivity contribution in [1.82, 2.24) is 4.90 Å². The Morgan fingerprint density at radius 2 is 2.06 bits per heavy atom. The fourth-order valence-corrected chi connectivity index (χ4v) is 5.69. The van der Waals surface area contributed by atoms with Crippen LogP contribution in [-0.2, 0) is 9.53 Å². The van der Waals surface area contributed by atoms with E-state index in [0.29, 0.717) is 29.4 Å². The van der Waals surface area contributed by atoms with E-state index in [9.17, 15) is 9.59 Å². The molecule has 2 saturated heterocycles. The predicted molar refractivity (Wildman–Crippen MR) is 125 cm³/mol. The van der Waals surface area contributed by atoms with Crippen LogP contribution in [0, 0.1) is 11.8 Å². The molecule has 34 heavy (non-hydrogen) atoms. The number of carboxylic acids is 1. The number of carboxylic acid groups (broad SMARTS) is 1. The summed E-state index contributed by atoms with van der Waals surface area (Å²) in [7, 11) is 0. The van der Waals surface area contributed by atoms with Gasteiger partial charge in [0.25, 0.3) is 5.91 Å². The molecule has 3 heterocycles. The predicted octanol–water partition coefficient (Wildman–Crippen LogP) is 4.58. The summed E-state index contributed by atoms with van der Waals surface area (Å²) in [5.41, 5.74) is 1.09. The maximum atomic E-state index is 13.2. The molecule has 0 unspecified atom stereocenters. The van der Waals surface area contributed by atoms with E-state index in [-0.39, 0.29) is 30.0 Å². The van der Waals surface area contributed by atoms with Crippen molar-refractivity contribution in [2.45, 2.75) is 44.5 Å². The number of hydrogen-bond donors (Lipinski definition) is 1. The number of carbonyl (C=O) groups excluding carboxylic acids is 1. The minimum Gasteiger partial charge on any atom is -0.487 e. The lowest BCUT2D eigenvalue weighted by atomic mass is 9.70. The summed E-state index contributed by atoms with van der Waals surface area (Å²) in [6.07, 6.45) is 1.63. The van der Waals surface area contributed by atoms with Crippen LogP contribution in [0.15, 0.2) is 42.5 Å². The van der Waals surface area contributed by atoms with Crippen LogP contribution in [0.25, 0.3) is 0 Å². The number of carbonyl (C=O) groups is 2. The van der Waals surface area contributed by atoms with Gasteiger partial charge in [-0.2, -0.15) is 0 Å². The van der Waals surface area contributed by atoms with Gasteiger partial charge in [-0.15, -0.1) is 0 Å². The Hall–Kier alpha value is -2.77. The summed E-state index contributed by atoms with van der Waals surface area (Å²) in [5, 5.41) is 9.49. The van der Waals surface area contributed by atoms with E-state index in [0.717, 1.165) is 24.2 Å². The number of likely N-dealkylation sites (tertiary alicyclic amines) is 1. The second-order valence-corrected chi connectivity index (χ2v) is 10.3. The van der Waals surface area contributed by atoms with Crippen LogP contribution >= 0.6 is 11.6 Å². The number of halogens is 1. The molecule has 3 aliphatic heterocycles. The van der Waals surface area contributed by atoms with Crippen LogP contribution < -0.4 is 9.47 Å². The number of ether oxygens (including phenoxy) is 3. The fraction of sp³-hybridized carbons (Fsp3) is 0.462. The average molecular weight is 486 g/mol. The Kier molecular flexibility index (Phi) is 5.94. The van der Waals surface area contributed by atoms with Gasteiger partial charge in [0, 0.05) is 41.1 Å². The van der Waals surface area contributed by atoms with Crippen molar-refractivity contribution >= 4 is 23.5 Å². The summed E-state index contributed by atoms with van der Waals surface area (Å²) in [4.78, 5) is 25.9. The van der Waals surface area contributed by atoms with Gasteiger partial charge in [-0.1, -0.05) is 17.7 Å². The van der Waals surface area contributed by atoms with Crippen LogP contribution in [0.2, 0.25) is 5.02 Å². The largest absolute Gasteiger partial charge is 0.487 e. The van der Waals surface area contributed by atoms with Gasteiger partial charge in [0.05, 0.1) is 12.2 Å². The first-order valence-corrected chi connectivity index (χ1v) is 12.0. The third-order valence-electron chi connectivity index (χ3n) is 7.18. The van der Waals surface area contributed by atoms with E-state index in [4.69, 9.17) is 30.9 Å². The Morgan fingerprint density at radius 1 is 1.24 bits per heavy atom. The van der Waals surface area contributed by atoms with E-state index >= 15 is 0 Å². The van der Waals surface area contributed by atoms with Crippen LogP contribution in [0.4, 0.5) is 0 Å². The lowest BCUT2D eigenvalue weighted by Crippen LogP contribution is -2.56. The molecule has 2 fully saturated rings. The molecule has 3 aliphatic rings. The van der Waals surface area contributed by atoms with Gasteiger partial charge in [0.2, 0.25) is 0 Å². The molecule has 1 amide bonds. The van der Waals surface area contributed by atoms with Crippen molar-refractivity contribution in [3.05, 3.63) is 58.6 Å². The molecule has 0 radical (unpaired) electrons. The number of fused-ring (bicyclic) bond motifs is 4. The number of piperidine rings is 1. The zero-order valence-corrected chi connectivity index (χ0v) is 20.0. The zero-order chi connectivity index (χ0) is 24.0. The van der Waals surface area contributed by atoms with E-state index in [1.165, 1.54) is 0 Å². The molecule has 2 aromatic rings. The van der Waals surface area contributed by atoms with E-state index in [1.54, 1.807) is 24.3 Å². The standard InChI is InChI=1S/C26H28ClNO6/c1-26(2)20-11-16-13-28(25(31)15-4-3-5-18(10-15)32-14-23(29)30)9-8-21(16)33-24(20)19-12-17(27)6-7-22(19)34-26/h3-7,10,12,16,20-21,24H,8-9,11,13-14H2,1-2H3,(H,29,30)/t16-,20+,21+,24-/m0/s1. The number of aliphatic carboxylic acids is 1. The van der Waals surface area contributed by atoms with Gasteiger partial charge in [0.1, 0.15) is 17.1 Å². The minimum absolute atomic E-state index is 0.0660. The topological polar surface area (TPSA) is 85.3 Å². The van der Waals surface area contributed by atoms with Gasteiger partial charge < -0.3 is 24.2 Å². The third kappa shape index (κ3) is 4.34. The van der Waals surface area contributed by atoms with Gasteiger partial charge in [0.15, 0.2) is 6.61 Å². The summed E-state index contributed by atoms with van der Waals surface area (Å²) in [6, 6.07) is 12.4. The van der Waals surface area contributed by atoms with Gasteiger partial charge in [-0.25, -0.2) is 4.79 Å². The molecular weight excluding hydrogens is 458 g/mol. The fourth-order valence-electron chi connectivity index (χ4n) is 5.51. The van der Waals surface area contributed by atoms with Crippen molar-refractivity contribution in [2.24, 2.45) is 11.8 Å². The molecule has 0 bridgehead atoms. The average Bonchev–Trinajstić information content (AvgIpc) is 2.81. The number of amides is 1. The minimum atomic E-state index is -1.06. The SMILES string of the molecule is CC1(C)Oc2ccc(Cl)cc2[C@@H]2O[C@@H]3CCN(C(=O)c4cccc(OCC(=O)O)c4)C[C@@H]3C[C@H]21. The third-order valence-corrected chi connectivity index (χ3v) is 7.42. The summed E-state index contributed by atoms with van der Waals surface area (Å²) in [6.45, 7) is 4.95. The van der Waals surface area contributed by atoms with Crippen molar-refractivity contribution in [3.63, 3.8) is 0 Å². The van der Waals surface area contributed by atoms with Gasteiger partial charge in [-0.05, 0) is 63.1 Å². The van der Waals surface area contributed by atoms with E-state index in [1.807, 2.05) is 23.1 Å². The van der Waals surface area contributed by atoms with Crippen molar-refractivity contribution in [2.75, 3.05) is 19.7 Å². The second-order valence-electron chi connectivity index (χ2n) is 9.84. The normalized spacial score (nSPS) is 27.0. The Labute approximate surface area is 203 Å². The molecule has 1 N–H and O–H groups in total. The molecule has 2 aromatic carbocycles. The molecule has 8 heteroatoms. The second kappa shape index (κ2) is 8.78. The smallest absolute Gasteiger partial charge is 0.341 e. The number of nitrogens with zero attached hydrogens (tertiary/aromatic N) is 1. The lowest BCUT2D eigenvalue weighted by Gasteiger charge is -2.53. The molecule has 180 valence electrons. The highest BCUT2D eigenvalue weighted by Gasteiger charge is 2.51. The molecule has 4 atom stereocenters. The first-order chi connectivity index (χ1) is 16.2. The molecule has 0 aliphatic carbocycles. The Balaban J connectivity index is 1.32. The van der Waals surface area contributed by atoms with Gasteiger partial charge >= 0.3 is 5.97 Å². The molecule has 0 aromatic heterocycles. The maximum Gasteiger partial charge on any atom is 0.341 e. The molecular formula is C26H28ClNO6. The first kappa shape index (κ1) is 23.0. The van der Waals surface area contributed by atoms with Crippen molar-refractivity contribution < 1.29 is 28.9 Å². The summed E-state index contributed by atoms with van der Waals surface area (Å²) in [5.74, 6) is 0.389. The Bertz CT molecular complexity index is 1120.